The monoisotopic (exact) mass is 254 g/mol. The van der Waals surface area contributed by atoms with E-state index in [-0.39, 0.29) is 6.04 Å². The van der Waals surface area contributed by atoms with E-state index < -0.39 is 0 Å². The van der Waals surface area contributed by atoms with Gasteiger partial charge in [0.1, 0.15) is 0 Å². The van der Waals surface area contributed by atoms with E-state index >= 15 is 0 Å². The molecule has 0 aromatic carbocycles. The lowest BCUT2D eigenvalue weighted by Gasteiger charge is -2.35. The van der Waals surface area contributed by atoms with E-state index in [9.17, 15) is 0 Å². The van der Waals surface area contributed by atoms with E-state index in [4.69, 9.17) is 10.5 Å². The van der Waals surface area contributed by atoms with E-state index in [1.165, 1.54) is 12.0 Å². The van der Waals surface area contributed by atoms with Crippen LogP contribution >= 0.6 is 11.3 Å². The predicted octanol–water partition coefficient (Wildman–Crippen LogP) is 2.03. The molecule has 0 amide bonds. The second-order valence-corrected chi connectivity index (χ2v) is 5.76. The number of nitrogens with zero attached hydrogens (tertiary/aromatic N) is 1. The fourth-order valence-corrected chi connectivity index (χ4v) is 3.44. The van der Waals surface area contributed by atoms with Crippen LogP contribution in [-0.2, 0) is 11.2 Å². The van der Waals surface area contributed by atoms with Gasteiger partial charge in [-0.25, -0.2) is 0 Å². The summed E-state index contributed by atoms with van der Waals surface area (Å²) >= 11 is 1.89. The number of methoxy groups -OCH3 is 1. The molecule has 0 bridgehead atoms. The summed E-state index contributed by atoms with van der Waals surface area (Å²) in [4.78, 5) is 4.05. The average Bonchev–Trinajstić information content (AvgIpc) is 2.79. The number of fused-ring (bicyclic) bond motifs is 1. The largest absolute Gasteiger partial charge is 0.385 e. The third kappa shape index (κ3) is 3.07. The van der Waals surface area contributed by atoms with Crippen molar-refractivity contribution in [2.75, 3.05) is 26.8 Å². The Balaban J connectivity index is 1.91. The van der Waals surface area contributed by atoms with Gasteiger partial charge in [0.25, 0.3) is 0 Å². The van der Waals surface area contributed by atoms with Crippen LogP contribution in [0.2, 0.25) is 0 Å². The molecule has 96 valence electrons. The van der Waals surface area contributed by atoms with E-state index in [0.29, 0.717) is 6.04 Å². The standard InChI is InChI=1S/C13H22N2OS/c1-10-12-5-8-17-13(12)3-6-15(10)9-11(14)4-7-16-2/h5,8,10-11H,3-4,6-7,9,14H2,1-2H3. The predicted molar refractivity (Wildman–Crippen MR) is 72.5 cm³/mol. The first-order valence-electron chi connectivity index (χ1n) is 6.27. The highest BCUT2D eigenvalue weighted by Crippen LogP contribution is 2.32. The topological polar surface area (TPSA) is 38.5 Å². The Hall–Kier alpha value is -0.420. The summed E-state index contributed by atoms with van der Waals surface area (Å²) in [6, 6.07) is 2.99. The van der Waals surface area contributed by atoms with Crippen LogP contribution in [0.1, 0.15) is 29.8 Å². The van der Waals surface area contributed by atoms with Crippen LogP contribution in [0.25, 0.3) is 0 Å². The summed E-state index contributed by atoms with van der Waals surface area (Å²) in [7, 11) is 1.73. The first kappa shape index (κ1) is 13.0. The Morgan fingerprint density at radius 3 is 3.24 bits per heavy atom. The highest BCUT2D eigenvalue weighted by molar-refractivity contribution is 7.10. The molecule has 0 aliphatic carbocycles. The first-order chi connectivity index (χ1) is 8.22. The molecule has 0 saturated heterocycles. The van der Waals surface area contributed by atoms with Crippen LogP contribution in [0.5, 0.6) is 0 Å². The third-order valence-corrected chi connectivity index (χ3v) is 4.56. The Bertz CT molecular complexity index is 353. The Kier molecular flexibility index (Phi) is 4.56. The van der Waals surface area contributed by atoms with Gasteiger partial charge >= 0.3 is 0 Å². The zero-order valence-corrected chi connectivity index (χ0v) is 11.5. The lowest BCUT2D eigenvalue weighted by Crippen LogP contribution is -2.42. The third-order valence-electron chi connectivity index (χ3n) is 3.57. The van der Waals surface area contributed by atoms with Crippen LogP contribution in [0.15, 0.2) is 11.4 Å². The minimum Gasteiger partial charge on any atom is -0.385 e. The number of hydrogen-bond donors (Lipinski definition) is 1. The van der Waals surface area contributed by atoms with Gasteiger partial charge in [-0.1, -0.05) is 0 Å². The van der Waals surface area contributed by atoms with Crippen molar-refractivity contribution in [3.05, 3.63) is 21.9 Å². The molecule has 2 heterocycles. The molecule has 0 saturated carbocycles. The van der Waals surface area contributed by atoms with E-state index in [1.54, 1.807) is 12.0 Å². The van der Waals surface area contributed by atoms with Crippen molar-refractivity contribution in [3.8, 4) is 0 Å². The highest BCUT2D eigenvalue weighted by atomic mass is 32.1. The van der Waals surface area contributed by atoms with Gasteiger partial charge in [0.2, 0.25) is 0 Å². The van der Waals surface area contributed by atoms with Gasteiger partial charge in [-0.15, -0.1) is 11.3 Å². The first-order valence-corrected chi connectivity index (χ1v) is 7.15. The Morgan fingerprint density at radius 1 is 1.65 bits per heavy atom. The molecule has 1 aromatic heterocycles. The second kappa shape index (κ2) is 5.96. The van der Waals surface area contributed by atoms with E-state index in [2.05, 4.69) is 23.3 Å². The molecule has 1 aromatic rings. The molecule has 17 heavy (non-hydrogen) atoms. The molecule has 2 N–H and O–H groups in total. The molecule has 1 aliphatic rings. The lowest BCUT2D eigenvalue weighted by molar-refractivity contribution is 0.155. The van der Waals surface area contributed by atoms with Crippen molar-refractivity contribution in [2.24, 2.45) is 5.73 Å². The molecular weight excluding hydrogens is 232 g/mol. The van der Waals surface area contributed by atoms with Crippen molar-refractivity contribution in [2.45, 2.75) is 31.8 Å². The Morgan fingerprint density at radius 2 is 2.47 bits per heavy atom. The van der Waals surface area contributed by atoms with Crippen molar-refractivity contribution < 1.29 is 4.74 Å². The molecule has 0 spiro atoms. The zero-order chi connectivity index (χ0) is 12.3. The van der Waals surface area contributed by atoms with E-state index in [1.807, 2.05) is 11.3 Å². The van der Waals surface area contributed by atoms with Crippen LogP contribution < -0.4 is 5.73 Å². The molecule has 2 atom stereocenters. The smallest absolute Gasteiger partial charge is 0.0477 e. The lowest BCUT2D eigenvalue weighted by atomic mass is 10.0. The molecule has 0 radical (unpaired) electrons. The maximum atomic E-state index is 6.13. The summed E-state index contributed by atoms with van der Waals surface area (Å²) in [6.45, 7) is 5.15. The van der Waals surface area contributed by atoms with Crippen LogP contribution in [0.4, 0.5) is 0 Å². The van der Waals surface area contributed by atoms with Crippen LogP contribution in [-0.4, -0.2) is 37.7 Å². The number of thiophene rings is 1. The van der Waals surface area contributed by atoms with Gasteiger partial charge in [0.15, 0.2) is 0 Å². The number of nitrogens with two attached hydrogens (primary N) is 1. The summed E-state index contributed by atoms with van der Waals surface area (Å²) in [5, 5.41) is 2.20. The van der Waals surface area contributed by atoms with Crippen LogP contribution in [0, 0.1) is 0 Å². The minimum absolute atomic E-state index is 0.220. The zero-order valence-electron chi connectivity index (χ0n) is 10.7. The summed E-state index contributed by atoms with van der Waals surface area (Å²) in [5.74, 6) is 0. The Labute approximate surface area is 108 Å². The summed E-state index contributed by atoms with van der Waals surface area (Å²) in [5.41, 5.74) is 7.63. The van der Waals surface area contributed by atoms with E-state index in [0.717, 1.165) is 26.1 Å². The van der Waals surface area contributed by atoms with Gasteiger partial charge in [-0.05, 0) is 36.8 Å². The van der Waals surface area contributed by atoms with Crippen molar-refractivity contribution in [3.63, 3.8) is 0 Å². The SMILES string of the molecule is COCCC(N)CN1CCc2sccc2C1C. The van der Waals surface area contributed by atoms with Crippen LogP contribution in [0.3, 0.4) is 0 Å². The molecular formula is C13H22N2OS. The van der Waals surface area contributed by atoms with Gasteiger partial charge in [-0.3, -0.25) is 4.90 Å². The molecule has 0 fully saturated rings. The number of hydrogen-bond acceptors (Lipinski definition) is 4. The maximum Gasteiger partial charge on any atom is 0.0477 e. The fourth-order valence-electron chi connectivity index (χ4n) is 2.47. The normalized spacial score (nSPS) is 22.4. The molecule has 2 rings (SSSR count). The number of ether oxygens (including phenoxy) is 1. The maximum absolute atomic E-state index is 6.13. The summed E-state index contributed by atoms with van der Waals surface area (Å²) in [6.07, 6.45) is 2.12. The quantitative estimate of drug-likeness (QED) is 0.874. The van der Waals surface area contributed by atoms with Crippen molar-refractivity contribution in [1.82, 2.24) is 4.90 Å². The van der Waals surface area contributed by atoms with Crippen molar-refractivity contribution >= 4 is 11.3 Å². The molecule has 4 heteroatoms. The fraction of sp³-hybridized carbons (Fsp3) is 0.692. The molecule has 1 aliphatic heterocycles. The molecule has 2 unspecified atom stereocenters. The minimum atomic E-state index is 0.220. The summed E-state index contributed by atoms with van der Waals surface area (Å²) < 4.78 is 5.08. The van der Waals surface area contributed by atoms with Gasteiger partial charge in [0.05, 0.1) is 0 Å². The number of rotatable bonds is 5. The second-order valence-electron chi connectivity index (χ2n) is 4.76. The average molecular weight is 254 g/mol. The van der Waals surface area contributed by atoms with Gasteiger partial charge in [0, 0.05) is 43.8 Å². The van der Waals surface area contributed by atoms with Gasteiger partial charge in [-0.2, -0.15) is 0 Å². The van der Waals surface area contributed by atoms with Crippen molar-refractivity contribution in [1.29, 1.82) is 0 Å². The molecule has 3 nitrogen and oxygen atoms in total. The van der Waals surface area contributed by atoms with Gasteiger partial charge < -0.3 is 10.5 Å². The highest BCUT2D eigenvalue weighted by Gasteiger charge is 2.25.